The van der Waals surface area contributed by atoms with Gasteiger partial charge >= 0.3 is 64.1 Å². The van der Waals surface area contributed by atoms with Gasteiger partial charge in [-0.05, 0) is 6.20 Å². The van der Waals surface area contributed by atoms with Gasteiger partial charge in [0.05, 0.1) is 0 Å². The van der Waals surface area contributed by atoms with Crippen LogP contribution in [0.25, 0.3) is 0 Å². The van der Waals surface area contributed by atoms with Gasteiger partial charge < -0.3 is 17.9 Å². The van der Waals surface area contributed by atoms with E-state index in [1.807, 2.05) is 4.98 Å². The Kier molecular flexibility index (Phi) is 4.70. The quantitative estimate of drug-likeness (QED) is 0.488. The third-order valence-corrected chi connectivity index (χ3v) is 1.07. The van der Waals surface area contributed by atoms with E-state index in [1.54, 1.807) is 0 Å². The third kappa shape index (κ3) is 3.40. The van der Waals surface area contributed by atoms with Crippen molar-refractivity contribution < 1.29 is 64.3 Å². The summed E-state index contributed by atoms with van der Waals surface area (Å²) in [6, 6.07) is 0. The van der Waals surface area contributed by atoms with E-state index < -0.39 is 18.1 Å². The van der Waals surface area contributed by atoms with E-state index in [2.05, 4.69) is 4.98 Å². The molecule has 0 amide bonds. The molecule has 0 atom stereocenters. The molecule has 0 saturated carbocycles. The zero-order valence-corrected chi connectivity index (χ0v) is 9.34. The van der Waals surface area contributed by atoms with Crippen molar-refractivity contribution in [1.82, 2.24) is 9.97 Å². The fourth-order valence-electron chi connectivity index (χ4n) is 0.532. The topological polar surface area (TPSA) is 45.8 Å². The van der Waals surface area contributed by atoms with Crippen molar-refractivity contribution >= 4 is 12.4 Å². The first-order valence-electron chi connectivity index (χ1n) is 2.75. The number of aromatic amines is 1. The van der Waals surface area contributed by atoms with Crippen LogP contribution in [0.4, 0.5) is 12.9 Å². The van der Waals surface area contributed by atoms with Crippen molar-refractivity contribution in [1.29, 1.82) is 0 Å². The molecule has 0 aliphatic heterocycles. The van der Waals surface area contributed by atoms with E-state index in [-0.39, 0.29) is 51.4 Å². The number of hydrogen-bond donors (Lipinski definition) is 1. The van der Waals surface area contributed by atoms with Crippen LogP contribution in [0, 0.1) is 0 Å². The fraction of sp³-hybridized carbons (Fsp3) is 0. The van der Waals surface area contributed by atoms with Gasteiger partial charge in [-0.25, -0.2) is 9.78 Å². The fourth-order valence-corrected chi connectivity index (χ4v) is 0.532. The third-order valence-electron chi connectivity index (χ3n) is 1.07. The number of halogens is 3. The molecule has 1 heterocycles. The van der Waals surface area contributed by atoms with Gasteiger partial charge in [0.2, 0.25) is 0 Å². The Morgan fingerprint density at radius 3 is 2.33 bits per heavy atom. The summed E-state index contributed by atoms with van der Waals surface area (Å²) in [5.41, 5.74) is -1.68. The monoisotopic (exact) mass is 202 g/mol. The molecule has 0 radical (unpaired) electrons. The second-order valence-electron chi connectivity index (χ2n) is 1.93. The van der Waals surface area contributed by atoms with Gasteiger partial charge in [-0.2, -0.15) is 0 Å². The molecule has 1 rings (SSSR count). The Hall–Kier alpha value is 0.371. The zero-order chi connectivity index (χ0) is 8.48. The molecule has 3 nitrogen and oxygen atoms in total. The van der Waals surface area contributed by atoms with Gasteiger partial charge in [-0.1, -0.05) is 5.46 Å². The second kappa shape index (κ2) is 4.56. The first-order valence-corrected chi connectivity index (χ1v) is 2.75. The molecule has 0 aliphatic carbocycles. The molecule has 1 aromatic heterocycles. The van der Waals surface area contributed by atoms with Gasteiger partial charge in [0.15, 0.2) is 0 Å². The molecule has 0 fully saturated rings. The second-order valence-corrected chi connectivity index (χ2v) is 1.93. The largest absolute Gasteiger partial charge is 1.00 e. The SMILES string of the molecule is O=c1ncc([B-](F)(F)F)c[nH]1.[K+]. The molecule has 0 spiro atoms. The van der Waals surface area contributed by atoms with Gasteiger partial charge in [0.25, 0.3) is 0 Å². The molecular weight excluding hydrogens is 199 g/mol. The van der Waals surface area contributed by atoms with E-state index in [0.717, 1.165) is 0 Å². The van der Waals surface area contributed by atoms with E-state index in [0.29, 0.717) is 12.4 Å². The molecule has 1 N–H and O–H groups in total. The molecule has 1 aromatic rings. The summed E-state index contributed by atoms with van der Waals surface area (Å²) in [7, 11) is 0. The Balaban J connectivity index is 0.00000121. The van der Waals surface area contributed by atoms with Crippen molar-refractivity contribution in [3.8, 4) is 0 Å². The number of nitrogens with zero attached hydrogens (tertiary/aromatic N) is 1. The predicted octanol–water partition coefficient (Wildman–Crippen LogP) is -3.17. The molecule has 0 saturated heterocycles. The summed E-state index contributed by atoms with van der Waals surface area (Å²) >= 11 is 0. The van der Waals surface area contributed by atoms with E-state index in [9.17, 15) is 17.7 Å². The summed E-state index contributed by atoms with van der Waals surface area (Å²) in [6.45, 7) is -5.05. The van der Waals surface area contributed by atoms with Crippen molar-refractivity contribution in [2.24, 2.45) is 0 Å². The zero-order valence-electron chi connectivity index (χ0n) is 6.22. The van der Waals surface area contributed by atoms with Gasteiger partial charge in [-0.15, -0.1) is 0 Å². The number of hydrogen-bond acceptors (Lipinski definition) is 2. The number of nitrogens with one attached hydrogen (secondary N) is 1. The predicted molar refractivity (Wildman–Crippen MR) is 33.6 cm³/mol. The molecule has 0 aromatic carbocycles. The van der Waals surface area contributed by atoms with E-state index in [1.165, 1.54) is 0 Å². The normalized spacial score (nSPS) is 10.6. The van der Waals surface area contributed by atoms with Gasteiger partial charge in [0, 0.05) is 6.20 Å². The summed E-state index contributed by atoms with van der Waals surface area (Å²) in [4.78, 5) is 15.0. The Morgan fingerprint density at radius 1 is 1.42 bits per heavy atom. The molecule has 0 unspecified atom stereocenters. The maximum Gasteiger partial charge on any atom is 1.00 e. The number of H-pyrrole nitrogens is 1. The Bertz CT molecular complexity index is 291. The van der Waals surface area contributed by atoms with Gasteiger partial charge in [0.1, 0.15) is 0 Å². The molecule has 0 bridgehead atoms. The number of aromatic nitrogens is 2. The van der Waals surface area contributed by atoms with Crippen LogP contribution in [0.2, 0.25) is 0 Å². The Labute approximate surface area is 108 Å². The van der Waals surface area contributed by atoms with Crippen LogP contribution in [0.3, 0.4) is 0 Å². The minimum absolute atomic E-state index is 0. The van der Waals surface area contributed by atoms with Crippen LogP contribution in [0.5, 0.6) is 0 Å². The van der Waals surface area contributed by atoms with Crippen LogP contribution in [-0.2, 0) is 0 Å². The van der Waals surface area contributed by atoms with Gasteiger partial charge in [-0.3, -0.25) is 0 Å². The first-order chi connectivity index (χ1) is 5.00. The molecule has 60 valence electrons. The van der Waals surface area contributed by atoms with Crippen LogP contribution in [-0.4, -0.2) is 16.9 Å². The minimum Gasteiger partial charge on any atom is -0.445 e. The smallest absolute Gasteiger partial charge is 0.445 e. The molecular formula is C4H3BF3KN2O. The standard InChI is InChI=1S/C4H3BF3N2O.K/c6-5(7,8)3-1-9-4(11)10-2-3;/h1-2H,(H,9,10,11);/q-1;+1. The maximum atomic E-state index is 11.8. The summed E-state index contributed by atoms with van der Waals surface area (Å²) in [6.07, 6.45) is 1.12. The van der Waals surface area contributed by atoms with Crippen molar-refractivity contribution in [2.45, 2.75) is 0 Å². The van der Waals surface area contributed by atoms with E-state index >= 15 is 0 Å². The van der Waals surface area contributed by atoms with Crippen LogP contribution in [0.15, 0.2) is 17.2 Å². The van der Waals surface area contributed by atoms with Crippen LogP contribution < -0.4 is 62.5 Å². The number of rotatable bonds is 1. The first kappa shape index (κ1) is 12.4. The molecule has 8 heteroatoms. The van der Waals surface area contributed by atoms with Crippen molar-refractivity contribution in [2.75, 3.05) is 0 Å². The summed E-state index contributed by atoms with van der Waals surface area (Å²) in [5, 5.41) is 0. The average molecular weight is 202 g/mol. The van der Waals surface area contributed by atoms with Crippen LogP contribution >= 0.6 is 0 Å². The van der Waals surface area contributed by atoms with Crippen LogP contribution in [0.1, 0.15) is 0 Å². The van der Waals surface area contributed by atoms with Crippen molar-refractivity contribution in [3.05, 3.63) is 22.9 Å². The average Bonchev–Trinajstić information content (AvgIpc) is 1.86. The summed E-state index contributed by atoms with van der Waals surface area (Å²) in [5.74, 6) is 0. The van der Waals surface area contributed by atoms with Crippen molar-refractivity contribution in [3.63, 3.8) is 0 Å². The summed E-state index contributed by atoms with van der Waals surface area (Å²) < 4.78 is 35.5. The molecule has 0 aliphatic rings. The minimum atomic E-state index is -5.05. The molecule has 12 heavy (non-hydrogen) atoms. The van der Waals surface area contributed by atoms with E-state index in [4.69, 9.17) is 0 Å². The maximum absolute atomic E-state index is 11.8. The Morgan fingerprint density at radius 2 is 2.00 bits per heavy atom.